The molecule has 0 radical (unpaired) electrons. The maximum absolute atomic E-state index is 11.4. The Kier molecular flexibility index (Phi) is 2.36. The molecule has 1 aromatic carbocycles. The first-order valence-electron chi connectivity index (χ1n) is 4.34. The van der Waals surface area contributed by atoms with E-state index in [0.717, 1.165) is 5.52 Å². The fourth-order valence-electron chi connectivity index (χ4n) is 1.49. The molecule has 0 unspecified atom stereocenters. The third-order valence-electron chi connectivity index (χ3n) is 2.19. The average molecular weight is 225 g/mol. The first-order valence-corrected chi connectivity index (χ1v) is 4.72. The Morgan fingerprint density at radius 3 is 2.93 bits per heavy atom. The maximum atomic E-state index is 11.4. The molecule has 2 aromatic rings. The zero-order valence-electron chi connectivity index (χ0n) is 8.32. The minimum atomic E-state index is -0.456. The van der Waals surface area contributed by atoms with Gasteiger partial charge in [0.2, 0.25) is 0 Å². The van der Waals surface area contributed by atoms with Gasteiger partial charge < -0.3 is 4.74 Å². The van der Waals surface area contributed by atoms with Crippen molar-refractivity contribution >= 4 is 28.5 Å². The highest BCUT2D eigenvalue weighted by Gasteiger charge is 2.16. The molecular formula is C10H9ClN2O2. The van der Waals surface area contributed by atoms with Gasteiger partial charge in [-0.25, -0.2) is 4.79 Å². The van der Waals surface area contributed by atoms with Gasteiger partial charge in [0.25, 0.3) is 0 Å². The second kappa shape index (κ2) is 3.55. The van der Waals surface area contributed by atoms with Crippen LogP contribution >= 0.6 is 11.6 Å². The highest BCUT2D eigenvalue weighted by atomic mass is 35.5. The van der Waals surface area contributed by atoms with E-state index >= 15 is 0 Å². The van der Waals surface area contributed by atoms with E-state index in [2.05, 4.69) is 9.84 Å². The number of methoxy groups -OCH3 is 1. The van der Waals surface area contributed by atoms with E-state index in [1.54, 1.807) is 23.9 Å². The largest absolute Gasteiger partial charge is 0.464 e. The molecule has 0 aliphatic carbocycles. The quantitative estimate of drug-likeness (QED) is 0.696. The van der Waals surface area contributed by atoms with Crippen molar-refractivity contribution in [2.24, 2.45) is 7.05 Å². The number of hydrogen-bond donors (Lipinski definition) is 0. The van der Waals surface area contributed by atoms with Crippen molar-refractivity contribution in [3.8, 4) is 0 Å². The van der Waals surface area contributed by atoms with Gasteiger partial charge in [0.15, 0.2) is 5.69 Å². The number of carbonyl (C=O) groups excluding carboxylic acids is 1. The number of benzene rings is 1. The van der Waals surface area contributed by atoms with Gasteiger partial charge in [0.1, 0.15) is 0 Å². The number of aryl methyl sites for hydroxylation is 1. The Morgan fingerprint density at radius 1 is 1.53 bits per heavy atom. The summed E-state index contributed by atoms with van der Waals surface area (Å²) in [5.74, 6) is -0.456. The van der Waals surface area contributed by atoms with Crippen LogP contribution in [0, 0.1) is 0 Å². The standard InChI is InChI=1S/C10H9ClN2O2/c1-13-8-4-3-6(11)5-7(8)9(12-13)10(14)15-2/h3-5H,1-2H3. The van der Waals surface area contributed by atoms with Crippen molar-refractivity contribution in [1.82, 2.24) is 9.78 Å². The molecule has 2 rings (SSSR count). The van der Waals surface area contributed by atoms with Crippen molar-refractivity contribution in [3.63, 3.8) is 0 Å². The van der Waals surface area contributed by atoms with Gasteiger partial charge in [0, 0.05) is 17.5 Å². The number of rotatable bonds is 1. The van der Waals surface area contributed by atoms with E-state index in [0.29, 0.717) is 10.4 Å². The highest BCUT2D eigenvalue weighted by molar-refractivity contribution is 6.31. The van der Waals surface area contributed by atoms with Crippen LogP contribution in [0.3, 0.4) is 0 Å². The zero-order valence-corrected chi connectivity index (χ0v) is 9.08. The second-order valence-corrected chi connectivity index (χ2v) is 3.56. The minimum Gasteiger partial charge on any atom is -0.464 e. The maximum Gasteiger partial charge on any atom is 0.359 e. The minimum absolute atomic E-state index is 0.289. The summed E-state index contributed by atoms with van der Waals surface area (Å²) in [6.45, 7) is 0. The molecule has 5 heteroatoms. The van der Waals surface area contributed by atoms with E-state index in [-0.39, 0.29) is 5.69 Å². The fourth-order valence-corrected chi connectivity index (χ4v) is 1.66. The SMILES string of the molecule is COC(=O)c1nn(C)c2ccc(Cl)cc12. The molecule has 4 nitrogen and oxygen atoms in total. The van der Waals surface area contributed by atoms with E-state index in [4.69, 9.17) is 11.6 Å². The fraction of sp³-hybridized carbons (Fsp3) is 0.200. The van der Waals surface area contributed by atoms with Gasteiger partial charge in [-0.1, -0.05) is 11.6 Å². The molecule has 0 spiro atoms. The molecule has 0 atom stereocenters. The van der Waals surface area contributed by atoms with Gasteiger partial charge in [-0.15, -0.1) is 0 Å². The van der Waals surface area contributed by atoms with Crippen molar-refractivity contribution in [3.05, 3.63) is 28.9 Å². The lowest BCUT2D eigenvalue weighted by Crippen LogP contribution is -2.03. The van der Waals surface area contributed by atoms with Gasteiger partial charge in [-0.2, -0.15) is 5.10 Å². The van der Waals surface area contributed by atoms with Crippen molar-refractivity contribution in [1.29, 1.82) is 0 Å². The van der Waals surface area contributed by atoms with Crippen LogP contribution in [0.15, 0.2) is 18.2 Å². The Hall–Kier alpha value is -1.55. The summed E-state index contributed by atoms with van der Waals surface area (Å²) in [6, 6.07) is 5.28. The van der Waals surface area contributed by atoms with Crippen LogP contribution in [0.4, 0.5) is 0 Å². The smallest absolute Gasteiger partial charge is 0.359 e. The molecule has 78 valence electrons. The van der Waals surface area contributed by atoms with E-state index in [1.807, 2.05) is 6.07 Å². The summed E-state index contributed by atoms with van der Waals surface area (Å²) in [5.41, 5.74) is 1.14. The summed E-state index contributed by atoms with van der Waals surface area (Å²) >= 11 is 5.86. The van der Waals surface area contributed by atoms with E-state index in [9.17, 15) is 4.79 Å². The highest BCUT2D eigenvalue weighted by Crippen LogP contribution is 2.22. The third kappa shape index (κ3) is 1.57. The number of fused-ring (bicyclic) bond motifs is 1. The summed E-state index contributed by atoms with van der Waals surface area (Å²) in [4.78, 5) is 11.4. The molecule has 0 aliphatic rings. The molecule has 0 bridgehead atoms. The van der Waals surface area contributed by atoms with Crippen LogP contribution in [0.1, 0.15) is 10.5 Å². The third-order valence-corrected chi connectivity index (χ3v) is 2.43. The molecule has 0 N–H and O–H groups in total. The van der Waals surface area contributed by atoms with Gasteiger partial charge in [-0.05, 0) is 18.2 Å². The normalized spacial score (nSPS) is 10.6. The van der Waals surface area contributed by atoms with Crippen molar-refractivity contribution in [2.45, 2.75) is 0 Å². The summed E-state index contributed by atoms with van der Waals surface area (Å²) in [7, 11) is 3.09. The number of ether oxygens (including phenoxy) is 1. The molecular weight excluding hydrogens is 216 g/mol. The van der Waals surface area contributed by atoms with Crippen LogP contribution in [-0.4, -0.2) is 22.9 Å². The predicted octanol–water partition coefficient (Wildman–Crippen LogP) is 2.01. The predicted molar refractivity (Wildman–Crippen MR) is 57.1 cm³/mol. The van der Waals surface area contributed by atoms with Crippen LogP contribution in [0.5, 0.6) is 0 Å². The van der Waals surface area contributed by atoms with Gasteiger partial charge >= 0.3 is 5.97 Å². The monoisotopic (exact) mass is 224 g/mol. The van der Waals surface area contributed by atoms with Crippen LogP contribution in [-0.2, 0) is 11.8 Å². The molecule has 1 heterocycles. The van der Waals surface area contributed by atoms with E-state index in [1.165, 1.54) is 7.11 Å². The van der Waals surface area contributed by atoms with Crippen LogP contribution < -0.4 is 0 Å². The molecule has 0 aliphatic heterocycles. The van der Waals surface area contributed by atoms with Crippen LogP contribution in [0.25, 0.3) is 10.9 Å². The molecule has 0 saturated heterocycles. The Balaban J connectivity index is 2.75. The Morgan fingerprint density at radius 2 is 2.27 bits per heavy atom. The summed E-state index contributed by atoms with van der Waals surface area (Å²) in [6.07, 6.45) is 0. The van der Waals surface area contributed by atoms with Crippen molar-refractivity contribution < 1.29 is 9.53 Å². The Labute approximate surface area is 91.4 Å². The molecule has 1 aromatic heterocycles. The topological polar surface area (TPSA) is 44.1 Å². The first kappa shape index (κ1) is 9.98. The van der Waals surface area contributed by atoms with E-state index < -0.39 is 5.97 Å². The lowest BCUT2D eigenvalue weighted by Gasteiger charge is -1.95. The average Bonchev–Trinajstić information content (AvgIpc) is 2.54. The van der Waals surface area contributed by atoms with Gasteiger partial charge in [0.05, 0.1) is 12.6 Å². The van der Waals surface area contributed by atoms with Gasteiger partial charge in [-0.3, -0.25) is 4.68 Å². The first-order chi connectivity index (χ1) is 7.13. The lowest BCUT2D eigenvalue weighted by atomic mass is 10.2. The number of aromatic nitrogens is 2. The number of carbonyl (C=O) groups is 1. The molecule has 0 saturated carbocycles. The summed E-state index contributed by atoms with van der Waals surface area (Å²) < 4.78 is 6.26. The molecule has 0 fully saturated rings. The second-order valence-electron chi connectivity index (χ2n) is 3.13. The number of nitrogens with zero attached hydrogens (tertiary/aromatic N) is 2. The molecule has 15 heavy (non-hydrogen) atoms. The lowest BCUT2D eigenvalue weighted by molar-refractivity contribution is 0.0595. The zero-order chi connectivity index (χ0) is 11.0. The molecule has 0 amide bonds. The Bertz CT molecular complexity index is 533. The summed E-state index contributed by atoms with van der Waals surface area (Å²) in [5, 5.41) is 5.36. The number of hydrogen-bond acceptors (Lipinski definition) is 3. The van der Waals surface area contributed by atoms with Crippen LogP contribution in [0.2, 0.25) is 5.02 Å². The number of halogens is 1. The number of esters is 1. The van der Waals surface area contributed by atoms with Crippen molar-refractivity contribution in [2.75, 3.05) is 7.11 Å².